The van der Waals surface area contributed by atoms with Gasteiger partial charge in [-0.05, 0) is 37.6 Å². The third kappa shape index (κ3) is 3.44. The quantitative estimate of drug-likeness (QED) is 0.453. The fourth-order valence-electron chi connectivity index (χ4n) is 2.87. The van der Waals surface area contributed by atoms with Crippen molar-refractivity contribution in [3.05, 3.63) is 59.2 Å². The van der Waals surface area contributed by atoms with E-state index in [0.717, 1.165) is 5.56 Å². The third-order valence-electron chi connectivity index (χ3n) is 4.18. The van der Waals surface area contributed by atoms with Gasteiger partial charge in [0.1, 0.15) is 0 Å². The first-order valence-electron chi connectivity index (χ1n) is 8.32. The molecule has 0 bridgehead atoms. The highest BCUT2D eigenvalue weighted by Crippen LogP contribution is 2.27. The van der Waals surface area contributed by atoms with Crippen LogP contribution in [0.15, 0.2) is 42.5 Å². The Morgan fingerprint density at radius 1 is 1.00 bits per heavy atom. The predicted molar refractivity (Wildman–Crippen MR) is 94.4 cm³/mol. The van der Waals surface area contributed by atoms with Crippen LogP contribution in [0.25, 0.3) is 0 Å². The lowest BCUT2D eigenvalue weighted by Crippen LogP contribution is -2.31. The first-order valence-corrected chi connectivity index (χ1v) is 8.32. The number of amides is 2. The van der Waals surface area contributed by atoms with Gasteiger partial charge in [0.25, 0.3) is 11.8 Å². The van der Waals surface area contributed by atoms with Crippen LogP contribution in [0.4, 0.5) is 0 Å². The molecule has 26 heavy (non-hydrogen) atoms. The molecule has 0 aromatic heterocycles. The molecule has 6 heteroatoms. The summed E-state index contributed by atoms with van der Waals surface area (Å²) in [7, 11) is 1.50. The molecule has 0 saturated heterocycles. The molecule has 0 unspecified atom stereocenters. The molecule has 0 aliphatic carbocycles. The van der Waals surface area contributed by atoms with Crippen molar-refractivity contribution in [3.63, 3.8) is 0 Å². The van der Waals surface area contributed by atoms with Crippen LogP contribution in [0.2, 0.25) is 0 Å². The summed E-state index contributed by atoms with van der Waals surface area (Å²) in [6, 6.07) is 12.0. The normalized spacial score (nSPS) is 12.9. The molecule has 0 N–H and O–H groups in total. The fourth-order valence-corrected chi connectivity index (χ4v) is 2.87. The summed E-state index contributed by atoms with van der Waals surface area (Å²) in [5.41, 5.74) is 1.76. The van der Waals surface area contributed by atoms with E-state index in [4.69, 9.17) is 9.47 Å². The lowest BCUT2D eigenvalue weighted by atomic mass is 10.1. The number of esters is 1. The van der Waals surface area contributed by atoms with Crippen molar-refractivity contribution in [2.24, 2.45) is 0 Å². The average molecular weight is 353 g/mol. The van der Waals surface area contributed by atoms with E-state index in [-0.39, 0.29) is 24.8 Å². The minimum absolute atomic E-state index is 0.0878. The Morgan fingerprint density at radius 2 is 1.69 bits per heavy atom. The van der Waals surface area contributed by atoms with E-state index in [2.05, 4.69) is 0 Å². The van der Waals surface area contributed by atoms with Gasteiger partial charge in [-0.15, -0.1) is 0 Å². The maximum atomic E-state index is 12.4. The van der Waals surface area contributed by atoms with Crippen LogP contribution < -0.4 is 9.47 Å². The van der Waals surface area contributed by atoms with Crippen LogP contribution in [-0.2, 0) is 4.79 Å². The molecule has 0 spiro atoms. The summed E-state index contributed by atoms with van der Waals surface area (Å²) in [6.07, 6.45) is 0.420. The number of carbonyl (C=O) groups is 3. The van der Waals surface area contributed by atoms with Crippen LogP contribution in [0.5, 0.6) is 11.5 Å². The Morgan fingerprint density at radius 3 is 2.42 bits per heavy atom. The van der Waals surface area contributed by atoms with Crippen LogP contribution in [0.1, 0.15) is 39.1 Å². The average Bonchev–Trinajstić information content (AvgIpc) is 2.86. The van der Waals surface area contributed by atoms with Crippen molar-refractivity contribution in [1.82, 2.24) is 4.90 Å². The van der Waals surface area contributed by atoms with Crippen LogP contribution in [0.3, 0.4) is 0 Å². The lowest BCUT2D eigenvalue weighted by Gasteiger charge is -2.13. The number of benzene rings is 2. The Balaban J connectivity index is 1.56. The Hall–Kier alpha value is -3.15. The smallest absolute Gasteiger partial charge is 0.311 e. The molecule has 0 atom stereocenters. The van der Waals surface area contributed by atoms with Gasteiger partial charge in [0.15, 0.2) is 11.5 Å². The topological polar surface area (TPSA) is 72.9 Å². The maximum Gasteiger partial charge on any atom is 0.311 e. The SMILES string of the molecule is COc1ccccc1OC(=O)CCCN1C(=O)c2ccc(C)cc2C1=O. The molecule has 3 rings (SSSR count). The van der Waals surface area contributed by atoms with Crippen molar-refractivity contribution in [2.45, 2.75) is 19.8 Å². The maximum absolute atomic E-state index is 12.4. The van der Waals surface area contributed by atoms with Gasteiger partial charge in [0.2, 0.25) is 0 Å². The monoisotopic (exact) mass is 353 g/mol. The number of ether oxygens (including phenoxy) is 2. The van der Waals surface area contributed by atoms with E-state index >= 15 is 0 Å². The molecular weight excluding hydrogens is 334 g/mol. The standard InChI is InChI=1S/C20H19NO5/c1-13-9-10-14-15(12-13)20(24)21(19(14)23)11-5-8-18(22)26-17-7-4-3-6-16(17)25-2/h3-4,6-7,9-10,12H,5,8,11H2,1-2H3. The number of imide groups is 1. The number of fused-ring (bicyclic) bond motifs is 1. The zero-order valence-corrected chi connectivity index (χ0v) is 14.7. The van der Waals surface area contributed by atoms with E-state index in [1.54, 1.807) is 42.5 Å². The Labute approximate surface area is 151 Å². The number of hydrogen-bond donors (Lipinski definition) is 0. The fraction of sp³-hybridized carbons (Fsp3) is 0.250. The van der Waals surface area contributed by atoms with Crippen LogP contribution in [-0.4, -0.2) is 36.3 Å². The predicted octanol–water partition coefficient (Wildman–Crippen LogP) is 2.99. The summed E-state index contributed by atoms with van der Waals surface area (Å²) in [5, 5.41) is 0. The highest BCUT2D eigenvalue weighted by molar-refractivity contribution is 6.21. The lowest BCUT2D eigenvalue weighted by molar-refractivity contribution is -0.134. The van der Waals surface area contributed by atoms with Crippen molar-refractivity contribution in [3.8, 4) is 11.5 Å². The molecule has 1 aliphatic rings. The van der Waals surface area contributed by atoms with E-state index < -0.39 is 5.97 Å². The Bertz CT molecular complexity index is 874. The molecule has 2 aromatic carbocycles. The molecule has 134 valence electrons. The van der Waals surface area contributed by atoms with Gasteiger partial charge in [0.05, 0.1) is 18.2 Å². The minimum Gasteiger partial charge on any atom is -0.493 e. The van der Waals surface area contributed by atoms with Gasteiger partial charge in [-0.3, -0.25) is 19.3 Å². The second kappa shape index (κ2) is 7.39. The van der Waals surface area contributed by atoms with E-state index in [9.17, 15) is 14.4 Å². The van der Waals surface area contributed by atoms with Gasteiger partial charge >= 0.3 is 5.97 Å². The second-order valence-corrected chi connectivity index (χ2v) is 6.04. The summed E-state index contributed by atoms with van der Waals surface area (Å²) < 4.78 is 10.4. The number of carbonyl (C=O) groups excluding carboxylic acids is 3. The molecular formula is C20H19NO5. The number of hydrogen-bond acceptors (Lipinski definition) is 5. The second-order valence-electron chi connectivity index (χ2n) is 6.04. The minimum atomic E-state index is -0.443. The summed E-state index contributed by atoms with van der Waals surface area (Å²) in [5.74, 6) is -0.260. The van der Waals surface area contributed by atoms with Crippen molar-refractivity contribution < 1.29 is 23.9 Å². The first kappa shape index (κ1) is 17.7. The third-order valence-corrected chi connectivity index (χ3v) is 4.18. The number of para-hydroxylation sites is 2. The highest BCUT2D eigenvalue weighted by Gasteiger charge is 2.35. The van der Waals surface area contributed by atoms with Gasteiger partial charge in [-0.1, -0.05) is 23.8 Å². The molecule has 2 amide bonds. The molecule has 0 saturated carbocycles. The number of methoxy groups -OCH3 is 1. The molecule has 1 heterocycles. The van der Waals surface area contributed by atoms with Gasteiger partial charge in [0, 0.05) is 13.0 Å². The van der Waals surface area contributed by atoms with Crippen LogP contribution in [0, 0.1) is 6.92 Å². The Kier molecular flexibility index (Phi) is 5.02. The first-order chi connectivity index (χ1) is 12.5. The van der Waals surface area contributed by atoms with Crippen molar-refractivity contribution in [1.29, 1.82) is 0 Å². The molecule has 6 nitrogen and oxygen atoms in total. The molecule has 1 aliphatic heterocycles. The van der Waals surface area contributed by atoms with Crippen LogP contribution >= 0.6 is 0 Å². The van der Waals surface area contributed by atoms with E-state index in [0.29, 0.717) is 29.0 Å². The van der Waals surface area contributed by atoms with Gasteiger partial charge in [-0.25, -0.2) is 0 Å². The summed E-state index contributed by atoms with van der Waals surface area (Å²) in [6.45, 7) is 2.04. The summed E-state index contributed by atoms with van der Waals surface area (Å²) in [4.78, 5) is 37.9. The zero-order chi connectivity index (χ0) is 18.7. The van der Waals surface area contributed by atoms with Crippen molar-refractivity contribution >= 4 is 17.8 Å². The van der Waals surface area contributed by atoms with E-state index in [1.165, 1.54) is 12.0 Å². The van der Waals surface area contributed by atoms with Gasteiger partial charge < -0.3 is 9.47 Å². The molecule has 0 fully saturated rings. The van der Waals surface area contributed by atoms with Crippen molar-refractivity contribution in [2.75, 3.05) is 13.7 Å². The van der Waals surface area contributed by atoms with E-state index in [1.807, 2.05) is 6.92 Å². The molecule has 0 radical (unpaired) electrons. The number of nitrogens with zero attached hydrogens (tertiary/aromatic N) is 1. The summed E-state index contributed by atoms with van der Waals surface area (Å²) >= 11 is 0. The molecule has 2 aromatic rings. The largest absolute Gasteiger partial charge is 0.493 e. The number of rotatable bonds is 6. The highest BCUT2D eigenvalue weighted by atomic mass is 16.6. The number of aryl methyl sites for hydroxylation is 1. The van der Waals surface area contributed by atoms with Gasteiger partial charge in [-0.2, -0.15) is 0 Å². The zero-order valence-electron chi connectivity index (χ0n) is 14.7.